The Bertz CT molecular complexity index is 436. The van der Waals surface area contributed by atoms with Gasteiger partial charge >= 0.3 is 0 Å². The Morgan fingerprint density at radius 3 is 2.35 bits per heavy atom. The first-order valence-electron chi connectivity index (χ1n) is 5.77. The number of benzene rings is 2. The predicted molar refractivity (Wildman–Crippen MR) is 77.4 cm³/mol. The molecule has 0 unspecified atom stereocenters. The van der Waals surface area contributed by atoms with Crippen LogP contribution < -0.4 is 5.32 Å². The van der Waals surface area contributed by atoms with Gasteiger partial charge in [0.15, 0.2) is 0 Å². The van der Waals surface area contributed by atoms with Gasteiger partial charge in [0, 0.05) is 11.4 Å². The number of hydrogen-bond donors (Lipinski definition) is 1. The van der Waals surface area contributed by atoms with Crippen molar-refractivity contribution in [2.45, 2.75) is 12.7 Å². The van der Waals surface area contributed by atoms with Crippen molar-refractivity contribution in [2.75, 3.05) is 11.2 Å². The van der Waals surface area contributed by atoms with Crippen LogP contribution in [0.1, 0.15) is 11.1 Å². The Morgan fingerprint density at radius 1 is 0.941 bits per heavy atom. The first kappa shape index (κ1) is 12.1. The normalized spacial score (nSPS) is 10.2. The van der Waals surface area contributed by atoms with Crippen LogP contribution in [0.5, 0.6) is 0 Å². The first-order valence-corrected chi connectivity index (χ1v) is 6.92. The topological polar surface area (TPSA) is 12.0 Å². The largest absolute Gasteiger partial charge is 0.376 e. The Balaban J connectivity index is 1.71. The molecule has 17 heavy (non-hydrogen) atoms. The molecular weight excluding hydrogens is 226 g/mol. The first-order chi connectivity index (χ1) is 8.34. The molecule has 0 bridgehead atoms. The highest BCUT2D eigenvalue weighted by atomic mass is 32.2. The second-order valence-electron chi connectivity index (χ2n) is 4.02. The average Bonchev–Trinajstić information content (AvgIpc) is 2.38. The van der Waals surface area contributed by atoms with Gasteiger partial charge in [0.05, 0.1) is 5.88 Å². The number of para-hydroxylation sites is 1. The summed E-state index contributed by atoms with van der Waals surface area (Å²) in [5, 5.41) is 3.39. The van der Waals surface area contributed by atoms with E-state index in [4.69, 9.17) is 0 Å². The minimum Gasteiger partial charge on any atom is -0.376 e. The second-order valence-corrected chi connectivity index (χ2v) is 5.01. The minimum absolute atomic E-state index is 0.942. The number of hydrogen-bond acceptors (Lipinski definition) is 2. The van der Waals surface area contributed by atoms with Gasteiger partial charge in [-0.1, -0.05) is 48.0 Å². The summed E-state index contributed by atoms with van der Waals surface area (Å²) < 4.78 is 0. The lowest BCUT2D eigenvalue weighted by molar-refractivity contribution is 1.35. The van der Waals surface area contributed by atoms with E-state index in [1.54, 1.807) is 0 Å². The van der Waals surface area contributed by atoms with Crippen molar-refractivity contribution < 1.29 is 0 Å². The molecule has 0 spiro atoms. The van der Waals surface area contributed by atoms with Crippen LogP contribution in [0.15, 0.2) is 54.6 Å². The molecule has 2 aromatic carbocycles. The molecule has 0 fully saturated rings. The third-order valence-electron chi connectivity index (χ3n) is 2.54. The highest BCUT2D eigenvalue weighted by molar-refractivity contribution is 7.98. The van der Waals surface area contributed by atoms with Crippen LogP contribution in [0.4, 0.5) is 5.69 Å². The highest BCUT2D eigenvalue weighted by Gasteiger charge is 1.93. The molecule has 1 nitrogen and oxygen atoms in total. The fourth-order valence-corrected chi connectivity index (χ4v) is 2.34. The van der Waals surface area contributed by atoms with Crippen molar-refractivity contribution in [1.29, 1.82) is 0 Å². The van der Waals surface area contributed by atoms with E-state index in [2.05, 4.69) is 48.6 Å². The van der Waals surface area contributed by atoms with E-state index >= 15 is 0 Å². The number of anilines is 1. The summed E-state index contributed by atoms with van der Waals surface area (Å²) >= 11 is 1.90. The zero-order valence-electron chi connectivity index (χ0n) is 10.0. The van der Waals surface area contributed by atoms with E-state index in [1.807, 2.05) is 30.0 Å². The molecule has 0 aliphatic heterocycles. The zero-order valence-corrected chi connectivity index (χ0v) is 10.8. The van der Waals surface area contributed by atoms with Gasteiger partial charge in [-0.25, -0.2) is 0 Å². The molecule has 0 radical (unpaired) electrons. The molecular formula is C15H17NS. The van der Waals surface area contributed by atoms with Gasteiger partial charge in [-0.15, -0.1) is 11.8 Å². The molecule has 0 amide bonds. The van der Waals surface area contributed by atoms with Crippen molar-refractivity contribution in [3.63, 3.8) is 0 Å². The van der Waals surface area contributed by atoms with E-state index in [0.717, 1.165) is 11.6 Å². The molecule has 1 N–H and O–H groups in total. The van der Waals surface area contributed by atoms with E-state index in [0.29, 0.717) is 0 Å². The Kier molecular flexibility index (Phi) is 4.51. The second kappa shape index (κ2) is 6.36. The molecule has 0 saturated carbocycles. The minimum atomic E-state index is 0.942. The SMILES string of the molecule is Cc1ccc(CSCNc2ccccc2)cc1. The van der Waals surface area contributed by atoms with Crippen LogP contribution in [0, 0.1) is 6.92 Å². The van der Waals surface area contributed by atoms with Crippen molar-refractivity contribution in [1.82, 2.24) is 0 Å². The summed E-state index contributed by atoms with van der Waals surface area (Å²) in [6.45, 7) is 2.12. The van der Waals surface area contributed by atoms with Crippen LogP contribution in [0.3, 0.4) is 0 Å². The van der Waals surface area contributed by atoms with Crippen molar-refractivity contribution in [3.05, 3.63) is 65.7 Å². The monoisotopic (exact) mass is 243 g/mol. The van der Waals surface area contributed by atoms with Crippen LogP contribution in [-0.4, -0.2) is 5.88 Å². The molecule has 88 valence electrons. The number of aryl methyl sites for hydroxylation is 1. The van der Waals surface area contributed by atoms with Crippen LogP contribution in [0.2, 0.25) is 0 Å². The molecule has 0 saturated heterocycles. The Hall–Kier alpha value is -1.41. The molecule has 0 atom stereocenters. The molecule has 0 aliphatic rings. The smallest absolute Gasteiger partial charge is 0.0614 e. The highest BCUT2D eigenvalue weighted by Crippen LogP contribution is 2.14. The summed E-state index contributed by atoms with van der Waals surface area (Å²) in [4.78, 5) is 0. The van der Waals surface area contributed by atoms with Gasteiger partial charge in [0.25, 0.3) is 0 Å². The number of nitrogens with one attached hydrogen (secondary N) is 1. The van der Waals surface area contributed by atoms with Crippen molar-refractivity contribution >= 4 is 17.4 Å². The maximum Gasteiger partial charge on any atom is 0.0614 e. The lowest BCUT2D eigenvalue weighted by atomic mass is 10.2. The van der Waals surface area contributed by atoms with Crippen LogP contribution in [-0.2, 0) is 5.75 Å². The maximum atomic E-state index is 3.39. The molecule has 0 aromatic heterocycles. The van der Waals surface area contributed by atoms with E-state index in [9.17, 15) is 0 Å². The third kappa shape index (κ3) is 4.16. The fraction of sp³-hybridized carbons (Fsp3) is 0.200. The fourth-order valence-electron chi connectivity index (χ4n) is 1.54. The van der Waals surface area contributed by atoms with Gasteiger partial charge in [-0.05, 0) is 24.6 Å². The summed E-state index contributed by atoms with van der Waals surface area (Å²) in [6.07, 6.45) is 0. The Labute approximate surface area is 107 Å². The lowest BCUT2D eigenvalue weighted by Gasteiger charge is -2.06. The van der Waals surface area contributed by atoms with E-state index < -0.39 is 0 Å². The van der Waals surface area contributed by atoms with Gasteiger partial charge in [-0.3, -0.25) is 0 Å². The molecule has 2 aromatic rings. The third-order valence-corrected chi connectivity index (χ3v) is 3.43. The van der Waals surface area contributed by atoms with Gasteiger partial charge in [-0.2, -0.15) is 0 Å². The summed E-state index contributed by atoms with van der Waals surface area (Å²) in [5.74, 6) is 2.00. The number of rotatable bonds is 5. The standard InChI is InChI=1S/C15H17NS/c1-13-7-9-14(10-8-13)11-17-12-16-15-5-3-2-4-6-15/h2-10,16H,11-12H2,1H3. The van der Waals surface area contributed by atoms with Gasteiger partial charge in [0.2, 0.25) is 0 Å². The van der Waals surface area contributed by atoms with Crippen LogP contribution in [0.25, 0.3) is 0 Å². The van der Waals surface area contributed by atoms with Gasteiger partial charge in [0.1, 0.15) is 0 Å². The molecule has 0 heterocycles. The number of thioether (sulfide) groups is 1. The lowest BCUT2D eigenvalue weighted by Crippen LogP contribution is -1.97. The molecule has 2 rings (SSSR count). The summed E-state index contributed by atoms with van der Waals surface area (Å²) in [5.41, 5.74) is 3.89. The van der Waals surface area contributed by atoms with Crippen LogP contribution >= 0.6 is 11.8 Å². The zero-order chi connectivity index (χ0) is 11.9. The van der Waals surface area contributed by atoms with E-state index in [-0.39, 0.29) is 0 Å². The Morgan fingerprint density at radius 2 is 1.65 bits per heavy atom. The maximum absolute atomic E-state index is 3.39. The molecule has 0 aliphatic carbocycles. The van der Waals surface area contributed by atoms with Crippen molar-refractivity contribution in [3.8, 4) is 0 Å². The average molecular weight is 243 g/mol. The quantitative estimate of drug-likeness (QED) is 0.621. The van der Waals surface area contributed by atoms with E-state index in [1.165, 1.54) is 16.8 Å². The molecule has 2 heteroatoms. The summed E-state index contributed by atoms with van der Waals surface area (Å²) in [7, 11) is 0. The van der Waals surface area contributed by atoms with Crippen molar-refractivity contribution in [2.24, 2.45) is 0 Å². The van der Waals surface area contributed by atoms with Gasteiger partial charge < -0.3 is 5.32 Å². The predicted octanol–water partition coefficient (Wildman–Crippen LogP) is 4.30. The summed E-state index contributed by atoms with van der Waals surface area (Å²) in [6, 6.07) is 19.0.